The fourth-order valence-corrected chi connectivity index (χ4v) is 1.23. The van der Waals surface area contributed by atoms with Crippen LogP contribution in [-0.4, -0.2) is 34.9 Å². The maximum absolute atomic E-state index is 11.0. The quantitative estimate of drug-likeness (QED) is 0.547. The summed E-state index contributed by atoms with van der Waals surface area (Å²) < 4.78 is 9.56. The molecule has 0 radical (unpaired) electrons. The molecule has 8 heteroatoms. The number of hydrogen-bond donors (Lipinski definition) is 0. The van der Waals surface area contributed by atoms with Crippen molar-refractivity contribution in [1.29, 1.82) is 0 Å². The Morgan fingerprint density at radius 1 is 1.35 bits per heavy atom. The van der Waals surface area contributed by atoms with E-state index >= 15 is 0 Å². The molecule has 1 rings (SSSR count). The van der Waals surface area contributed by atoms with Crippen molar-refractivity contribution in [1.82, 2.24) is 9.97 Å². The molecule has 0 aliphatic rings. The van der Waals surface area contributed by atoms with Crippen LogP contribution in [0.3, 0.4) is 0 Å². The zero-order valence-electron chi connectivity index (χ0n) is 9.59. The monoisotopic (exact) mass is 241 g/mol. The van der Waals surface area contributed by atoms with Gasteiger partial charge in [0.2, 0.25) is 0 Å². The van der Waals surface area contributed by atoms with E-state index in [9.17, 15) is 14.9 Å². The van der Waals surface area contributed by atoms with Crippen LogP contribution < -0.4 is 9.47 Å². The van der Waals surface area contributed by atoms with Crippen molar-refractivity contribution in [2.24, 2.45) is 0 Å². The third-order valence-electron chi connectivity index (χ3n) is 1.88. The lowest BCUT2D eigenvalue weighted by atomic mass is 10.2. The van der Waals surface area contributed by atoms with Gasteiger partial charge in [-0.3, -0.25) is 14.9 Å². The highest BCUT2D eigenvalue weighted by Crippen LogP contribution is 2.29. The summed E-state index contributed by atoms with van der Waals surface area (Å²) in [6.07, 6.45) is -0.175. The molecule has 0 N–H and O–H groups in total. The first-order valence-corrected chi connectivity index (χ1v) is 4.62. The summed E-state index contributed by atoms with van der Waals surface area (Å²) in [5, 5.41) is 10.9. The molecule has 0 saturated heterocycles. The van der Waals surface area contributed by atoms with Gasteiger partial charge in [-0.15, -0.1) is 0 Å². The summed E-state index contributed by atoms with van der Waals surface area (Å²) in [4.78, 5) is 28.7. The molecule has 0 aromatic carbocycles. The molecule has 0 spiro atoms. The summed E-state index contributed by atoms with van der Waals surface area (Å²) in [7, 11) is 2.56. The maximum atomic E-state index is 11.0. The van der Waals surface area contributed by atoms with Gasteiger partial charge in [-0.1, -0.05) is 0 Å². The number of ketones is 1. The van der Waals surface area contributed by atoms with Gasteiger partial charge in [0.1, 0.15) is 11.5 Å². The Labute approximate surface area is 96.7 Å². The molecule has 17 heavy (non-hydrogen) atoms. The van der Waals surface area contributed by atoms with Crippen molar-refractivity contribution in [3.63, 3.8) is 0 Å². The van der Waals surface area contributed by atoms with Crippen molar-refractivity contribution in [3.8, 4) is 11.9 Å². The Bertz CT molecular complexity index is 460. The Morgan fingerprint density at radius 2 is 2.00 bits per heavy atom. The Morgan fingerprint density at radius 3 is 2.41 bits per heavy atom. The van der Waals surface area contributed by atoms with Gasteiger partial charge >= 0.3 is 17.6 Å². The number of methoxy groups -OCH3 is 2. The summed E-state index contributed by atoms with van der Waals surface area (Å²) in [5.74, 6) is -0.478. The van der Waals surface area contributed by atoms with Crippen LogP contribution >= 0.6 is 0 Å². The third-order valence-corrected chi connectivity index (χ3v) is 1.88. The molecule has 0 saturated carbocycles. The first kappa shape index (κ1) is 12.8. The fourth-order valence-electron chi connectivity index (χ4n) is 1.23. The summed E-state index contributed by atoms with van der Waals surface area (Å²) >= 11 is 0. The molecule has 1 aromatic heterocycles. The predicted molar refractivity (Wildman–Crippen MR) is 56.2 cm³/mol. The lowest BCUT2D eigenvalue weighted by Gasteiger charge is -2.06. The number of hydrogen-bond acceptors (Lipinski definition) is 7. The minimum Gasteiger partial charge on any atom is -0.476 e. The summed E-state index contributed by atoms with van der Waals surface area (Å²) in [5.41, 5.74) is -0.435. The molecule has 0 bridgehead atoms. The molecule has 0 aliphatic heterocycles. The van der Waals surface area contributed by atoms with Crippen molar-refractivity contribution in [2.75, 3.05) is 14.2 Å². The molecule has 0 atom stereocenters. The fraction of sp³-hybridized carbons (Fsp3) is 0.444. The average molecular weight is 241 g/mol. The van der Waals surface area contributed by atoms with E-state index in [-0.39, 0.29) is 29.8 Å². The number of ether oxygens (including phenoxy) is 2. The number of nitro groups is 1. The molecular weight excluding hydrogens is 230 g/mol. The average Bonchev–Trinajstić information content (AvgIpc) is 2.26. The van der Waals surface area contributed by atoms with Crippen LogP contribution in [0.1, 0.15) is 12.6 Å². The summed E-state index contributed by atoms with van der Waals surface area (Å²) in [6.45, 7) is 1.31. The Hall–Kier alpha value is -2.25. The molecular formula is C9H11N3O5. The van der Waals surface area contributed by atoms with E-state index in [0.717, 1.165) is 0 Å². The van der Waals surface area contributed by atoms with Crippen molar-refractivity contribution in [2.45, 2.75) is 13.3 Å². The molecule has 1 aromatic rings. The smallest absolute Gasteiger partial charge is 0.352 e. The zero-order valence-corrected chi connectivity index (χ0v) is 9.59. The lowest BCUT2D eigenvalue weighted by molar-refractivity contribution is -0.387. The van der Waals surface area contributed by atoms with Gasteiger partial charge in [-0.2, -0.15) is 9.97 Å². The number of aromatic nitrogens is 2. The number of carbonyl (C=O) groups is 1. The zero-order chi connectivity index (χ0) is 13.0. The van der Waals surface area contributed by atoms with E-state index in [1.165, 1.54) is 21.1 Å². The molecule has 0 amide bonds. The standard InChI is InChI=1S/C9H11N3O5/c1-5(13)4-6-7(12(14)15)8(16-2)11-9(10-6)17-3/h4H2,1-3H3. The van der Waals surface area contributed by atoms with E-state index in [1.807, 2.05) is 0 Å². The molecule has 92 valence electrons. The van der Waals surface area contributed by atoms with Crippen LogP contribution in [0.2, 0.25) is 0 Å². The largest absolute Gasteiger partial charge is 0.476 e. The minimum atomic E-state index is -0.684. The van der Waals surface area contributed by atoms with Gasteiger partial charge in [-0.25, -0.2) is 0 Å². The number of carbonyl (C=O) groups excluding carboxylic acids is 1. The minimum absolute atomic E-state index is 0.0220. The summed E-state index contributed by atoms with van der Waals surface area (Å²) in [6, 6.07) is -0.0799. The van der Waals surface area contributed by atoms with E-state index < -0.39 is 10.6 Å². The number of Topliss-reactive ketones (excluding diaryl/α,β-unsaturated/α-hetero) is 1. The molecule has 0 aliphatic carbocycles. The van der Waals surface area contributed by atoms with Gasteiger partial charge < -0.3 is 9.47 Å². The first-order chi connectivity index (χ1) is 7.99. The van der Waals surface area contributed by atoms with Crippen LogP contribution in [-0.2, 0) is 11.2 Å². The van der Waals surface area contributed by atoms with Gasteiger partial charge in [0.05, 0.1) is 25.6 Å². The normalized spacial score (nSPS) is 9.82. The molecule has 0 fully saturated rings. The molecule has 1 heterocycles. The van der Waals surface area contributed by atoms with E-state index in [2.05, 4.69) is 9.97 Å². The highest BCUT2D eigenvalue weighted by atomic mass is 16.6. The lowest BCUT2D eigenvalue weighted by Crippen LogP contribution is -2.09. The Kier molecular flexibility index (Phi) is 3.91. The second kappa shape index (κ2) is 5.19. The van der Waals surface area contributed by atoms with Crippen LogP contribution in [0.5, 0.6) is 11.9 Å². The van der Waals surface area contributed by atoms with Crippen molar-refractivity contribution in [3.05, 3.63) is 15.8 Å². The SMILES string of the molecule is COc1nc(CC(C)=O)c([N+](=O)[O-])c(OC)n1. The molecule has 8 nitrogen and oxygen atoms in total. The Balaban J connectivity index is 3.40. The highest BCUT2D eigenvalue weighted by Gasteiger charge is 2.26. The van der Waals surface area contributed by atoms with E-state index in [0.29, 0.717) is 0 Å². The van der Waals surface area contributed by atoms with Gasteiger partial charge in [0.25, 0.3) is 0 Å². The van der Waals surface area contributed by atoms with E-state index in [4.69, 9.17) is 9.47 Å². The number of rotatable bonds is 5. The van der Waals surface area contributed by atoms with Gasteiger partial charge in [0.15, 0.2) is 0 Å². The third kappa shape index (κ3) is 2.86. The first-order valence-electron chi connectivity index (χ1n) is 4.62. The predicted octanol–water partition coefficient (Wildman–Crippen LogP) is 0.533. The van der Waals surface area contributed by atoms with Crippen LogP contribution in [0.4, 0.5) is 5.69 Å². The van der Waals surface area contributed by atoms with Crippen molar-refractivity contribution >= 4 is 11.5 Å². The van der Waals surface area contributed by atoms with Crippen LogP contribution in [0, 0.1) is 10.1 Å². The highest BCUT2D eigenvalue weighted by molar-refractivity contribution is 5.79. The second-order valence-electron chi connectivity index (χ2n) is 3.15. The molecule has 0 unspecified atom stereocenters. The van der Waals surface area contributed by atoms with Gasteiger partial charge in [0, 0.05) is 0 Å². The van der Waals surface area contributed by atoms with E-state index in [1.54, 1.807) is 0 Å². The maximum Gasteiger partial charge on any atom is 0.352 e. The van der Waals surface area contributed by atoms with Gasteiger partial charge in [-0.05, 0) is 6.92 Å². The second-order valence-corrected chi connectivity index (χ2v) is 3.15. The van der Waals surface area contributed by atoms with Crippen LogP contribution in [0.15, 0.2) is 0 Å². The topological polar surface area (TPSA) is 104 Å². The van der Waals surface area contributed by atoms with Crippen LogP contribution in [0.25, 0.3) is 0 Å². The number of nitrogens with zero attached hydrogens (tertiary/aromatic N) is 3. The van der Waals surface area contributed by atoms with Crippen molar-refractivity contribution < 1.29 is 19.2 Å².